The molecule has 0 spiro atoms. The summed E-state index contributed by atoms with van der Waals surface area (Å²) in [7, 11) is 1.58. The Balaban J connectivity index is 1.31. The van der Waals surface area contributed by atoms with Crippen LogP contribution in [0.1, 0.15) is 51.1 Å². The lowest BCUT2D eigenvalue weighted by Gasteiger charge is -2.10. The largest absolute Gasteiger partial charge is 0.383 e. The van der Waals surface area contributed by atoms with E-state index in [1.807, 2.05) is 6.07 Å². The van der Waals surface area contributed by atoms with E-state index in [0.29, 0.717) is 43.4 Å². The molecule has 1 saturated carbocycles. The minimum atomic E-state index is -0.214. The number of hydrogen-bond donors (Lipinski definition) is 3. The van der Waals surface area contributed by atoms with Crippen LogP contribution in [-0.4, -0.2) is 58.1 Å². The van der Waals surface area contributed by atoms with Gasteiger partial charge in [-0.3, -0.25) is 19.4 Å². The Morgan fingerprint density at radius 2 is 2.15 bits per heavy atom. The number of carbonyl (C=O) groups is 2. The van der Waals surface area contributed by atoms with Crippen molar-refractivity contribution in [1.29, 1.82) is 0 Å². The van der Waals surface area contributed by atoms with E-state index in [1.54, 1.807) is 17.9 Å². The Morgan fingerprint density at radius 1 is 1.31 bits per heavy atom. The smallest absolute Gasteiger partial charge is 0.272 e. The predicted molar refractivity (Wildman–Crippen MR) is 92.0 cm³/mol. The molecule has 3 N–H and O–H groups in total. The number of hydrogen-bond acceptors (Lipinski definition) is 5. The van der Waals surface area contributed by atoms with Crippen LogP contribution in [0.3, 0.4) is 0 Å². The van der Waals surface area contributed by atoms with E-state index in [4.69, 9.17) is 4.74 Å². The second kappa shape index (κ2) is 6.91. The minimum absolute atomic E-state index is 0.0447. The Morgan fingerprint density at radius 3 is 2.88 bits per heavy atom. The van der Waals surface area contributed by atoms with E-state index < -0.39 is 0 Å². The molecule has 0 aromatic carbocycles. The number of H-pyrrole nitrogens is 1. The Bertz CT molecular complexity index is 799. The number of aromatic amines is 1. The zero-order valence-corrected chi connectivity index (χ0v) is 14.6. The highest BCUT2D eigenvalue weighted by Crippen LogP contribution is 2.38. The number of nitrogens with zero attached hydrogens (tertiary/aromatic N) is 3. The number of methoxy groups -OCH3 is 1. The van der Waals surface area contributed by atoms with Crippen molar-refractivity contribution >= 4 is 11.8 Å². The molecule has 0 radical (unpaired) electrons. The molecule has 9 heteroatoms. The third-order valence-electron chi connectivity index (χ3n) is 4.72. The number of fused-ring (bicyclic) bond motifs is 1. The minimum Gasteiger partial charge on any atom is -0.383 e. The quantitative estimate of drug-likeness (QED) is 0.613. The van der Waals surface area contributed by atoms with Crippen molar-refractivity contribution in [2.75, 3.05) is 20.3 Å². The second-order valence-electron chi connectivity index (χ2n) is 6.81. The van der Waals surface area contributed by atoms with Crippen molar-refractivity contribution < 1.29 is 14.3 Å². The van der Waals surface area contributed by atoms with Crippen LogP contribution in [0.4, 0.5) is 0 Å². The Kier molecular flexibility index (Phi) is 4.46. The van der Waals surface area contributed by atoms with Crippen LogP contribution in [0.2, 0.25) is 0 Å². The number of amides is 2. The van der Waals surface area contributed by atoms with Gasteiger partial charge in [-0.05, 0) is 25.0 Å². The fraction of sp³-hybridized carbons (Fsp3) is 0.529. The van der Waals surface area contributed by atoms with E-state index in [1.165, 1.54) is 0 Å². The maximum absolute atomic E-state index is 12.4. The van der Waals surface area contributed by atoms with Crippen molar-refractivity contribution in [3.05, 3.63) is 34.9 Å². The third-order valence-corrected chi connectivity index (χ3v) is 4.72. The van der Waals surface area contributed by atoms with Gasteiger partial charge in [-0.25, -0.2) is 0 Å². The summed E-state index contributed by atoms with van der Waals surface area (Å²) in [5.74, 6) is 0.143. The molecule has 4 rings (SSSR count). The molecule has 1 unspecified atom stereocenters. The van der Waals surface area contributed by atoms with Crippen LogP contribution >= 0.6 is 0 Å². The van der Waals surface area contributed by atoms with Gasteiger partial charge in [0.25, 0.3) is 11.8 Å². The molecule has 1 atom stereocenters. The second-order valence-corrected chi connectivity index (χ2v) is 6.81. The standard InChI is InChI=1S/C17H22N6O3/c1-26-5-4-18-16(24)15-7-12-6-11(9-23(12)22-15)19-17(25)14-8-13(20-21-14)10-2-3-10/h7-8,10-11H,2-6,9H2,1H3,(H,18,24)(H,19,25)(H,20,21). The van der Waals surface area contributed by atoms with Crippen molar-refractivity contribution in [3.63, 3.8) is 0 Å². The van der Waals surface area contributed by atoms with Crippen LogP contribution in [0.5, 0.6) is 0 Å². The summed E-state index contributed by atoms with van der Waals surface area (Å²) in [4.78, 5) is 24.4. The van der Waals surface area contributed by atoms with Gasteiger partial charge in [-0.1, -0.05) is 0 Å². The molecule has 0 bridgehead atoms. The van der Waals surface area contributed by atoms with Crippen molar-refractivity contribution in [2.45, 2.75) is 37.8 Å². The average Bonchev–Trinajstić information content (AvgIpc) is 3.04. The highest BCUT2D eigenvalue weighted by atomic mass is 16.5. The lowest BCUT2D eigenvalue weighted by molar-refractivity contribution is 0.0919. The average molecular weight is 358 g/mol. The molecule has 3 heterocycles. The van der Waals surface area contributed by atoms with E-state index >= 15 is 0 Å². The molecule has 0 saturated heterocycles. The number of nitrogens with one attached hydrogen (secondary N) is 3. The van der Waals surface area contributed by atoms with Crippen LogP contribution in [-0.2, 0) is 17.7 Å². The number of aromatic nitrogens is 4. The van der Waals surface area contributed by atoms with Crippen LogP contribution in [0, 0.1) is 0 Å². The molecule has 138 valence electrons. The van der Waals surface area contributed by atoms with Gasteiger partial charge in [0.1, 0.15) is 11.4 Å². The molecule has 2 amide bonds. The fourth-order valence-electron chi connectivity index (χ4n) is 3.18. The topological polar surface area (TPSA) is 114 Å². The summed E-state index contributed by atoms with van der Waals surface area (Å²) in [5.41, 5.74) is 2.79. The van der Waals surface area contributed by atoms with Gasteiger partial charge in [0.2, 0.25) is 0 Å². The van der Waals surface area contributed by atoms with E-state index in [9.17, 15) is 9.59 Å². The molecular formula is C17H22N6O3. The third kappa shape index (κ3) is 3.48. The summed E-state index contributed by atoms with van der Waals surface area (Å²) >= 11 is 0. The molecule has 1 aliphatic carbocycles. The molecule has 1 aliphatic heterocycles. The van der Waals surface area contributed by atoms with Gasteiger partial charge in [-0.2, -0.15) is 10.2 Å². The van der Waals surface area contributed by atoms with Crippen molar-refractivity contribution in [2.24, 2.45) is 0 Å². The SMILES string of the molecule is COCCNC(=O)c1cc2n(n1)CC(NC(=O)c1cc(C3CC3)[nH]n1)C2. The maximum atomic E-state index is 12.4. The molecule has 2 aliphatic rings. The number of rotatable bonds is 7. The maximum Gasteiger partial charge on any atom is 0.272 e. The zero-order chi connectivity index (χ0) is 18.1. The summed E-state index contributed by atoms with van der Waals surface area (Å²) in [6.45, 7) is 1.46. The first kappa shape index (κ1) is 16.8. The first-order valence-corrected chi connectivity index (χ1v) is 8.84. The van der Waals surface area contributed by atoms with Crippen LogP contribution in [0.15, 0.2) is 12.1 Å². The van der Waals surface area contributed by atoms with Crippen molar-refractivity contribution in [1.82, 2.24) is 30.6 Å². The van der Waals surface area contributed by atoms with E-state index in [0.717, 1.165) is 24.2 Å². The van der Waals surface area contributed by atoms with E-state index in [-0.39, 0.29) is 17.9 Å². The highest BCUT2D eigenvalue weighted by Gasteiger charge is 2.29. The summed E-state index contributed by atoms with van der Waals surface area (Å²) in [6.07, 6.45) is 2.97. The van der Waals surface area contributed by atoms with Gasteiger partial charge in [0, 0.05) is 37.4 Å². The number of carbonyl (C=O) groups excluding carboxylic acids is 2. The molecule has 9 nitrogen and oxygen atoms in total. The van der Waals surface area contributed by atoms with Crippen LogP contribution < -0.4 is 10.6 Å². The molecule has 2 aromatic heterocycles. The number of ether oxygens (including phenoxy) is 1. The van der Waals surface area contributed by atoms with Gasteiger partial charge in [0.05, 0.1) is 19.2 Å². The zero-order valence-electron chi connectivity index (χ0n) is 14.6. The first-order chi connectivity index (χ1) is 12.6. The monoisotopic (exact) mass is 358 g/mol. The molecular weight excluding hydrogens is 336 g/mol. The van der Waals surface area contributed by atoms with Gasteiger partial charge in [-0.15, -0.1) is 0 Å². The van der Waals surface area contributed by atoms with Crippen molar-refractivity contribution in [3.8, 4) is 0 Å². The lowest BCUT2D eigenvalue weighted by Crippen LogP contribution is -2.36. The first-order valence-electron chi connectivity index (χ1n) is 8.84. The normalized spacial score (nSPS) is 18.6. The molecule has 26 heavy (non-hydrogen) atoms. The summed E-state index contributed by atoms with van der Waals surface area (Å²) in [5, 5.41) is 17.1. The molecule has 2 aromatic rings. The van der Waals surface area contributed by atoms with Gasteiger partial charge < -0.3 is 15.4 Å². The predicted octanol–water partition coefficient (Wildman–Crippen LogP) is 0.214. The lowest BCUT2D eigenvalue weighted by atomic mass is 10.2. The highest BCUT2D eigenvalue weighted by molar-refractivity contribution is 5.93. The van der Waals surface area contributed by atoms with Gasteiger partial charge >= 0.3 is 0 Å². The Labute approximate surface area is 150 Å². The van der Waals surface area contributed by atoms with E-state index in [2.05, 4.69) is 25.9 Å². The van der Waals surface area contributed by atoms with Gasteiger partial charge in [0.15, 0.2) is 0 Å². The van der Waals surface area contributed by atoms with Crippen LogP contribution in [0.25, 0.3) is 0 Å². The fourth-order valence-corrected chi connectivity index (χ4v) is 3.18. The summed E-state index contributed by atoms with van der Waals surface area (Å²) < 4.78 is 6.68. The molecule has 1 fully saturated rings. The Hall–Kier alpha value is -2.68. The summed E-state index contributed by atoms with van der Waals surface area (Å²) in [6, 6.07) is 3.56.